The van der Waals surface area contributed by atoms with E-state index in [4.69, 9.17) is 9.47 Å². The minimum absolute atomic E-state index is 0.260. The van der Waals surface area contributed by atoms with Gasteiger partial charge >= 0.3 is 0 Å². The summed E-state index contributed by atoms with van der Waals surface area (Å²) < 4.78 is 11.4. The molecule has 5 nitrogen and oxygen atoms in total. The molecule has 1 aromatic carbocycles. The second-order valence-corrected chi connectivity index (χ2v) is 8.63. The normalized spacial score (nSPS) is 19.6. The van der Waals surface area contributed by atoms with E-state index in [0.29, 0.717) is 6.04 Å². The Morgan fingerprint density at radius 3 is 2.93 bits per heavy atom. The summed E-state index contributed by atoms with van der Waals surface area (Å²) in [5.74, 6) is 1.62. The van der Waals surface area contributed by atoms with E-state index in [9.17, 15) is 5.11 Å². The molecular weight excluding hydrogens is 384 g/mol. The topological polar surface area (TPSA) is 54.8 Å². The standard InChI is InChI=1S/C23H24N2O3S/c26-20(22-4-2-10-29-22)13-18-3-1-9-25(18)14-16-11-19(17-5-7-24-8-6-17)23-21(12-16)27-15-28-23/h2,4-8,10-12,18,20,26H,1,3,9,13-15H2. The van der Waals surface area contributed by atoms with Gasteiger partial charge in [0.1, 0.15) is 0 Å². The predicted molar refractivity (Wildman–Crippen MR) is 113 cm³/mol. The Labute approximate surface area is 174 Å². The Kier molecular flexibility index (Phi) is 5.23. The zero-order chi connectivity index (χ0) is 19.6. The van der Waals surface area contributed by atoms with Gasteiger partial charge in [0.15, 0.2) is 11.5 Å². The van der Waals surface area contributed by atoms with Crippen molar-refractivity contribution >= 4 is 11.3 Å². The van der Waals surface area contributed by atoms with Crippen molar-refractivity contribution in [2.75, 3.05) is 13.3 Å². The van der Waals surface area contributed by atoms with Crippen molar-refractivity contribution in [1.29, 1.82) is 0 Å². The summed E-state index contributed by atoms with van der Waals surface area (Å²) in [6.45, 7) is 2.16. The second kappa shape index (κ2) is 8.14. The van der Waals surface area contributed by atoms with Crippen molar-refractivity contribution < 1.29 is 14.6 Å². The van der Waals surface area contributed by atoms with Crippen LogP contribution in [-0.4, -0.2) is 34.4 Å². The molecule has 0 amide bonds. The van der Waals surface area contributed by atoms with E-state index in [2.05, 4.69) is 22.0 Å². The highest BCUT2D eigenvalue weighted by Crippen LogP contribution is 2.43. The van der Waals surface area contributed by atoms with E-state index < -0.39 is 0 Å². The number of rotatable bonds is 6. The Hall–Kier alpha value is -2.41. The summed E-state index contributed by atoms with van der Waals surface area (Å²) in [5, 5.41) is 12.6. The molecule has 2 aliphatic rings. The quantitative estimate of drug-likeness (QED) is 0.645. The van der Waals surface area contributed by atoms with Crippen molar-refractivity contribution in [2.24, 2.45) is 0 Å². The Morgan fingerprint density at radius 2 is 2.10 bits per heavy atom. The van der Waals surface area contributed by atoms with Crippen LogP contribution in [0.3, 0.4) is 0 Å². The molecule has 0 bridgehead atoms. The summed E-state index contributed by atoms with van der Waals surface area (Å²) in [6, 6.07) is 12.7. The predicted octanol–water partition coefficient (Wildman–Crippen LogP) is 4.63. The SMILES string of the molecule is OC(CC1CCCN1Cc1cc2c(c(-c3ccncc3)c1)OCO2)c1cccs1. The number of aromatic nitrogens is 1. The van der Waals surface area contributed by atoms with Crippen molar-refractivity contribution in [1.82, 2.24) is 9.88 Å². The van der Waals surface area contributed by atoms with Crippen molar-refractivity contribution in [3.05, 3.63) is 64.6 Å². The number of thiophene rings is 1. The lowest BCUT2D eigenvalue weighted by molar-refractivity contribution is 0.120. The van der Waals surface area contributed by atoms with E-state index in [1.54, 1.807) is 23.7 Å². The number of ether oxygens (including phenoxy) is 2. The van der Waals surface area contributed by atoms with Crippen LogP contribution < -0.4 is 9.47 Å². The van der Waals surface area contributed by atoms with Crippen LogP contribution in [0.25, 0.3) is 11.1 Å². The molecule has 0 spiro atoms. The first-order valence-electron chi connectivity index (χ1n) is 10.1. The van der Waals surface area contributed by atoms with Crippen LogP contribution in [-0.2, 0) is 6.54 Å². The van der Waals surface area contributed by atoms with Gasteiger partial charge < -0.3 is 14.6 Å². The third-order valence-electron chi connectivity index (χ3n) is 5.78. The first-order chi connectivity index (χ1) is 14.3. The number of nitrogens with zero attached hydrogens (tertiary/aromatic N) is 2. The van der Waals surface area contributed by atoms with Crippen LogP contribution in [0, 0.1) is 0 Å². The largest absolute Gasteiger partial charge is 0.454 e. The van der Waals surface area contributed by atoms with Gasteiger partial charge in [0.05, 0.1) is 6.10 Å². The van der Waals surface area contributed by atoms with E-state index in [0.717, 1.165) is 53.4 Å². The zero-order valence-electron chi connectivity index (χ0n) is 16.2. The highest BCUT2D eigenvalue weighted by molar-refractivity contribution is 7.10. The molecule has 1 fully saturated rings. The third-order valence-corrected chi connectivity index (χ3v) is 6.75. The van der Waals surface area contributed by atoms with Gasteiger partial charge in [0.25, 0.3) is 0 Å². The number of likely N-dealkylation sites (tertiary alicyclic amines) is 1. The highest BCUT2D eigenvalue weighted by atomic mass is 32.1. The Bertz CT molecular complexity index is 962. The number of hydrogen-bond acceptors (Lipinski definition) is 6. The third kappa shape index (κ3) is 3.88. The van der Waals surface area contributed by atoms with Gasteiger partial charge in [-0.2, -0.15) is 0 Å². The van der Waals surface area contributed by atoms with Gasteiger partial charge in [-0.1, -0.05) is 6.07 Å². The molecule has 2 aromatic heterocycles. The van der Waals surface area contributed by atoms with Crippen LogP contribution in [0.4, 0.5) is 0 Å². The number of benzene rings is 1. The molecule has 5 rings (SSSR count). The molecule has 1 saturated heterocycles. The summed E-state index contributed by atoms with van der Waals surface area (Å²) >= 11 is 1.63. The average molecular weight is 409 g/mol. The van der Waals surface area contributed by atoms with Gasteiger partial charge in [-0.15, -0.1) is 11.3 Å². The number of hydrogen-bond donors (Lipinski definition) is 1. The van der Waals surface area contributed by atoms with Crippen molar-refractivity contribution in [3.8, 4) is 22.6 Å². The summed E-state index contributed by atoms with van der Waals surface area (Å²) in [4.78, 5) is 7.67. The molecule has 4 heterocycles. The molecule has 3 aromatic rings. The lowest BCUT2D eigenvalue weighted by Gasteiger charge is -2.26. The van der Waals surface area contributed by atoms with Crippen LogP contribution in [0.5, 0.6) is 11.5 Å². The zero-order valence-corrected chi connectivity index (χ0v) is 17.0. The van der Waals surface area contributed by atoms with Gasteiger partial charge in [0.2, 0.25) is 6.79 Å². The summed E-state index contributed by atoms with van der Waals surface area (Å²) in [7, 11) is 0. The number of aliphatic hydroxyl groups is 1. The minimum atomic E-state index is -0.385. The molecule has 2 aliphatic heterocycles. The molecule has 0 radical (unpaired) electrons. The lowest BCUT2D eigenvalue weighted by atomic mass is 10.0. The summed E-state index contributed by atoms with van der Waals surface area (Å²) in [5.41, 5.74) is 3.33. The maximum atomic E-state index is 10.6. The number of aliphatic hydroxyl groups excluding tert-OH is 1. The van der Waals surface area contributed by atoms with E-state index in [1.807, 2.05) is 29.6 Å². The van der Waals surface area contributed by atoms with Crippen LogP contribution in [0.2, 0.25) is 0 Å². The fourth-order valence-corrected chi connectivity index (χ4v) is 5.09. The van der Waals surface area contributed by atoms with E-state index in [-0.39, 0.29) is 12.9 Å². The fourth-order valence-electron chi connectivity index (χ4n) is 4.36. The Balaban J connectivity index is 1.37. The average Bonchev–Trinajstić information content (AvgIpc) is 3.50. The monoisotopic (exact) mass is 408 g/mol. The van der Waals surface area contributed by atoms with Gasteiger partial charge in [-0.05, 0) is 72.6 Å². The van der Waals surface area contributed by atoms with E-state index >= 15 is 0 Å². The molecule has 29 heavy (non-hydrogen) atoms. The fraction of sp³-hybridized carbons (Fsp3) is 0.348. The van der Waals surface area contributed by atoms with Gasteiger partial charge in [0, 0.05) is 35.4 Å². The molecule has 1 N–H and O–H groups in total. The van der Waals surface area contributed by atoms with Crippen molar-refractivity contribution in [3.63, 3.8) is 0 Å². The molecule has 2 atom stereocenters. The Morgan fingerprint density at radius 1 is 1.21 bits per heavy atom. The first-order valence-corrected chi connectivity index (χ1v) is 10.9. The second-order valence-electron chi connectivity index (χ2n) is 7.65. The molecule has 2 unspecified atom stereocenters. The first kappa shape index (κ1) is 18.6. The molecular formula is C23H24N2O3S. The molecule has 150 valence electrons. The minimum Gasteiger partial charge on any atom is -0.454 e. The van der Waals surface area contributed by atoms with Crippen molar-refractivity contribution in [2.45, 2.75) is 38.0 Å². The maximum Gasteiger partial charge on any atom is 0.231 e. The van der Waals surface area contributed by atoms with Gasteiger partial charge in [-0.3, -0.25) is 9.88 Å². The molecule has 0 saturated carbocycles. The smallest absolute Gasteiger partial charge is 0.231 e. The van der Waals surface area contributed by atoms with E-state index in [1.165, 1.54) is 12.0 Å². The van der Waals surface area contributed by atoms with Gasteiger partial charge in [-0.25, -0.2) is 0 Å². The van der Waals surface area contributed by atoms with Crippen LogP contribution in [0.1, 0.15) is 35.8 Å². The number of fused-ring (bicyclic) bond motifs is 1. The highest BCUT2D eigenvalue weighted by Gasteiger charge is 2.28. The molecule has 0 aliphatic carbocycles. The number of pyridine rings is 1. The summed E-state index contributed by atoms with van der Waals surface area (Å²) in [6.07, 6.45) is 6.29. The lowest BCUT2D eigenvalue weighted by Crippen LogP contribution is -2.30. The van der Waals surface area contributed by atoms with Crippen LogP contribution in [0.15, 0.2) is 54.2 Å². The van der Waals surface area contributed by atoms with Crippen LogP contribution >= 0.6 is 11.3 Å². The maximum absolute atomic E-state index is 10.6. The molecule has 6 heteroatoms.